The number of nitriles is 1. The van der Waals surface area contributed by atoms with Gasteiger partial charge < -0.3 is 5.32 Å². The average molecular weight is 456 g/mol. The van der Waals surface area contributed by atoms with Crippen LogP contribution in [0.4, 0.5) is 5.69 Å². The van der Waals surface area contributed by atoms with Gasteiger partial charge in [-0.1, -0.05) is 65.1 Å². The molecule has 0 fully saturated rings. The summed E-state index contributed by atoms with van der Waals surface area (Å²) in [5, 5.41) is 14.0. The van der Waals surface area contributed by atoms with Crippen LogP contribution in [0, 0.1) is 18.3 Å². The van der Waals surface area contributed by atoms with Crippen molar-refractivity contribution in [3.63, 3.8) is 0 Å². The fourth-order valence-electron chi connectivity index (χ4n) is 2.94. The Labute approximate surface area is 190 Å². The summed E-state index contributed by atoms with van der Waals surface area (Å²) in [7, 11) is 0. The standard InChI is InChI=1S/C24H17Cl3N2O/c1-15-21(26)7-4-8-23(15)29-24(30)19(14-28)12-18-13-20(25)10-9-16(18)11-17-5-2-3-6-22(17)27/h2-10,12-13H,11H2,1H3,(H,29,30)/b19-12+. The highest BCUT2D eigenvalue weighted by atomic mass is 35.5. The molecule has 3 nitrogen and oxygen atoms in total. The Hall–Kier alpha value is -2.77. The number of rotatable bonds is 5. The molecule has 0 spiro atoms. The highest BCUT2D eigenvalue weighted by Gasteiger charge is 2.14. The largest absolute Gasteiger partial charge is 0.321 e. The molecule has 3 aromatic carbocycles. The van der Waals surface area contributed by atoms with E-state index >= 15 is 0 Å². The van der Waals surface area contributed by atoms with Crippen molar-refractivity contribution in [3.05, 3.63) is 104 Å². The molecule has 3 aromatic rings. The van der Waals surface area contributed by atoms with Crippen molar-refractivity contribution in [1.29, 1.82) is 5.26 Å². The Morgan fingerprint density at radius 1 is 1.00 bits per heavy atom. The molecule has 0 saturated heterocycles. The lowest BCUT2D eigenvalue weighted by molar-refractivity contribution is -0.112. The Kier molecular flexibility index (Phi) is 7.18. The minimum Gasteiger partial charge on any atom is -0.321 e. The summed E-state index contributed by atoms with van der Waals surface area (Å²) in [6.07, 6.45) is 2.07. The van der Waals surface area contributed by atoms with E-state index in [0.29, 0.717) is 32.7 Å². The molecule has 3 rings (SSSR count). The second kappa shape index (κ2) is 9.82. The summed E-state index contributed by atoms with van der Waals surface area (Å²) in [5.41, 5.74) is 3.75. The van der Waals surface area contributed by atoms with Gasteiger partial charge in [0.1, 0.15) is 11.6 Å². The monoisotopic (exact) mass is 454 g/mol. The van der Waals surface area contributed by atoms with Crippen molar-refractivity contribution >= 4 is 52.5 Å². The molecule has 0 aromatic heterocycles. The van der Waals surface area contributed by atoms with Gasteiger partial charge in [0.2, 0.25) is 0 Å². The van der Waals surface area contributed by atoms with Crippen LogP contribution in [-0.2, 0) is 11.2 Å². The van der Waals surface area contributed by atoms with Crippen molar-refractivity contribution in [2.24, 2.45) is 0 Å². The van der Waals surface area contributed by atoms with Crippen molar-refractivity contribution in [1.82, 2.24) is 0 Å². The van der Waals surface area contributed by atoms with E-state index in [1.807, 2.05) is 36.4 Å². The van der Waals surface area contributed by atoms with E-state index in [2.05, 4.69) is 5.32 Å². The molecule has 0 aliphatic carbocycles. The van der Waals surface area contributed by atoms with Crippen molar-refractivity contribution in [3.8, 4) is 6.07 Å². The molecule has 6 heteroatoms. The van der Waals surface area contributed by atoms with E-state index < -0.39 is 5.91 Å². The highest BCUT2D eigenvalue weighted by Crippen LogP contribution is 2.26. The van der Waals surface area contributed by atoms with Crippen LogP contribution in [0.2, 0.25) is 15.1 Å². The predicted octanol–water partition coefficient (Wildman–Crippen LogP) is 7.09. The first-order chi connectivity index (χ1) is 14.4. The number of anilines is 1. The third-order valence-corrected chi connectivity index (χ3v) is 5.64. The molecular weight excluding hydrogens is 439 g/mol. The molecule has 0 aliphatic heterocycles. The van der Waals surface area contributed by atoms with E-state index in [0.717, 1.165) is 16.7 Å². The number of carbonyl (C=O) groups is 1. The SMILES string of the molecule is Cc1c(Cl)cccc1NC(=O)/C(C#N)=C/c1cc(Cl)ccc1Cc1ccccc1Cl. The predicted molar refractivity (Wildman–Crippen MR) is 124 cm³/mol. The van der Waals surface area contributed by atoms with Crippen LogP contribution in [0.5, 0.6) is 0 Å². The molecule has 0 bridgehead atoms. The van der Waals surface area contributed by atoms with Crippen molar-refractivity contribution < 1.29 is 4.79 Å². The molecule has 0 atom stereocenters. The lowest BCUT2D eigenvalue weighted by Gasteiger charge is -2.11. The molecule has 0 aliphatic rings. The van der Waals surface area contributed by atoms with Gasteiger partial charge in [0.05, 0.1) is 0 Å². The molecule has 30 heavy (non-hydrogen) atoms. The maximum Gasteiger partial charge on any atom is 0.266 e. The Bertz CT molecular complexity index is 1180. The third-order valence-electron chi connectivity index (χ3n) is 4.63. The third kappa shape index (κ3) is 5.23. The summed E-state index contributed by atoms with van der Waals surface area (Å²) in [6, 6.07) is 20.1. The number of nitrogens with one attached hydrogen (secondary N) is 1. The van der Waals surface area contributed by atoms with Crippen molar-refractivity contribution in [2.75, 3.05) is 5.32 Å². The molecule has 0 radical (unpaired) electrons. The number of hydrogen-bond acceptors (Lipinski definition) is 2. The van der Waals surface area contributed by atoms with Crippen LogP contribution < -0.4 is 5.32 Å². The zero-order chi connectivity index (χ0) is 21.7. The minimum atomic E-state index is -0.522. The van der Waals surface area contributed by atoms with Crippen LogP contribution in [-0.4, -0.2) is 5.91 Å². The van der Waals surface area contributed by atoms with Crippen LogP contribution >= 0.6 is 34.8 Å². The zero-order valence-corrected chi connectivity index (χ0v) is 18.3. The van der Waals surface area contributed by atoms with E-state index in [1.54, 1.807) is 37.3 Å². The Morgan fingerprint density at radius 3 is 2.47 bits per heavy atom. The second-order valence-electron chi connectivity index (χ2n) is 6.65. The smallest absolute Gasteiger partial charge is 0.266 e. The van der Waals surface area contributed by atoms with Crippen LogP contribution in [0.1, 0.15) is 22.3 Å². The topological polar surface area (TPSA) is 52.9 Å². The zero-order valence-electron chi connectivity index (χ0n) is 16.0. The lowest BCUT2D eigenvalue weighted by Crippen LogP contribution is -2.14. The average Bonchev–Trinajstić information content (AvgIpc) is 2.72. The molecule has 1 amide bonds. The van der Waals surface area contributed by atoms with Gasteiger partial charge in [-0.25, -0.2) is 0 Å². The van der Waals surface area contributed by atoms with Gasteiger partial charge in [-0.3, -0.25) is 4.79 Å². The van der Waals surface area contributed by atoms with E-state index in [-0.39, 0.29) is 5.57 Å². The van der Waals surface area contributed by atoms with Gasteiger partial charge >= 0.3 is 0 Å². The second-order valence-corrected chi connectivity index (χ2v) is 7.90. The van der Waals surface area contributed by atoms with Gasteiger partial charge in [-0.15, -0.1) is 0 Å². The summed E-state index contributed by atoms with van der Waals surface area (Å²) in [6.45, 7) is 1.80. The van der Waals surface area contributed by atoms with Gasteiger partial charge in [0, 0.05) is 20.8 Å². The minimum absolute atomic E-state index is 0.0444. The highest BCUT2D eigenvalue weighted by molar-refractivity contribution is 6.32. The molecular formula is C24H17Cl3N2O. The lowest BCUT2D eigenvalue weighted by atomic mass is 9.98. The van der Waals surface area contributed by atoms with E-state index in [1.165, 1.54) is 6.08 Å². The summed E-state index contributed by atoms with van der Waals surface area (Å²) in [5.74, 6) is -0.522. The number of amides is 1. The maximum absolute atomic E-state index is 12.7. The van der Waals surface area contributed by atoms with Crippen LogP contribution in [0.15, 0.2) is 66.2 Å². The van der Waals surface area contributed by atoms with Gasteiger partial charge in [0.25, 0.3) is 5.91 Å². The summed E-state index contributed by atoms with van der Waals surface area (Å²) >= 11 is 18.6. The summed E-state index contributed by atoms with van der Waals surface area (Å²) < 4.78 is 0. The molecule has 1 N–H and O–H groups in total. The molecule has 150 valence electrons. The van der Waals surface area contributed by atoms with Crippen LogP contribution in [0.3, 0.4) is 0 Å². The maximum atomic E-state index is 12.7. The van der Waals surface area contributed by atoms with E-state index in [4.69, 9.17) is 34.8 Å². The number of nitrogens with zero attached hydrogens (tertiary/aromatic N) is 1. The van der Waals surface area contributed by atoms with Gasteiger partial charge in [0.15, 0.2) is 0 Å². The quantitative estimate of drug-likeness (QED) is 0.330. The van der Waals surface area contributed by atoms with Crippen LogP contribution in [0.25, 0.3) is 6.08 Å². The fourth-order valence-corrected chi connectivity index (χ4v) is 3.50. The molecule has 0 heterocycles. The fraction of sp³-hybridized carbons (Fsp3) is 0.0833. The Morgan fingerprint density at radius 2 is 1.73 bits per heavy atom. The van der Waals surface area contributed by atoms with E-state index in [9.17, 15) is 10.1 Å². The normalized spacial score (nSPS) is 11.1. The summed E-state index contributed by atoms with van der Waals surface area (Å²) in [4.78, 5) is 12.7. The van der Waals surface area contributed by atoms with Crippen molar-refractivity contribution in [2.45, 2.75) is 13.3 Å². The first kappa shape index (κ1) is 21.9. The number of hydrogen-bond donors (Lipinski definition) is 1. The molecule has 0 unspecified atom stereocenters. The number of carbonyl (C=O) groups excluding carboxylic acids is 1. The van der Waals surface area contributed by atoms with Gasteiger partial charge in [-0.05, 0) is 72.0 Å². The van der Waals surface area contributed by atoms with Gasteiger partial charge in [-0.2, -0.15) is 5.26 Å². The first-order valence-electron chi connectivity index (χ1n) is 9.09. The Balaban J connectivity index is 1.94. The first-order valence-corrected chi connectivity index (χ1v) is 10.2. The number of benzene rings is 3. The number of halogens is 3. The molecule has 0 saturated carbocycles.